The maximum Gasteiger partial charge on any atom is 0.345 e. The van der Waals surface area contributed by atoms with Crippen LogP contribution in [0.4, 0.5) is 0 Å². The predicted octanol–water partition coefficient (Wildman–Crippen LogP) is 0.639. The molecule has 0 aromatic carbocycles. The first-order valence-electron chi connectivity index (χ1n) is 3.24. The summed E-state index contributed by atoms with van der Waals surface area (Å²) in [6, 6.07) is 0. The van der Waals surface area contributed by atoms with Gasteiger partial charge >= 0.3 is 5.97 Å². The van der Waals surface area contributed by atoms with E-state index in [9.17, 15) is 4.79 Å². The normalized spacial score (nSPS) is 24.7. The van der Waals surface area contributed by atoms with Crippen molar-refractivity contribution >= 4 is 17.7 Å². The van der Waals surface area contributed by atoms with Crippen molar-refractivity contribution in [3.63, 3.8) is 0 Å². The second-order valence-corrected chi connectivity index (χ2v) is 3.00. The fraction of sp³-hybridized carbons (Fsp3) is 0.833. The Balaban J connectivity index is 2.25. The fourth-order valence-corrected chi connectivity index (χ4v) is 1.51. The molecule has 0 spiro atoms. The van der Waals surface area contributed by atoms with E-state index in [1.807, 2.05) is 0 Å². The van der Waals surface area contributed by atoms with Crippen molar-refractivity contribution in [2.24, 2.45) is 0 Å². The molecule has 0 radical (unpaired) electrons. The molecule has 1 aliphatic rings. The van der Waals surface area contributed by atoms with Crippen LogP contribution in [0.2, 0.25) is 0 Å². The minimum Gasteiger partial charge on any atom is -0.463 e. The molecule has 0 aromatic rings. The van der Waals surface area contributed by atoms with Crippen LogP contribution in [0.25, 0.3) is 0 Å². The molecule has 1 rings (SSSR count). The summed E-state index contributed by atoms with van der Waals surface area (Å²) in [4.78, 5) is 10.9. The number of hydrogen-bond acceptors (Lipinski definition) is 4. The summed E-state index contributed by atoms with van der Waals surface area (Å²) >= 11 is 1.49. The number of ether oxygens (including phenoxy) is 2. The zero-order valence-corrected chi connectivity index (χ0v) is 6.65. The molecule has 0 amide bonds. The maximum absolute atomic E-state index is 10.9. The summed E-state index contributed by atoms with van der Waals surface area (Å²) in [5, 5.41) is 0. The van der Waals surface area contributed by atoms with Crippen LogP contribution < -0.4 is 0 Å². The first-order chi connectivity index (χ1) is 4.84. The summed E-state index contributed by atoms with van der Waals surface area (Å²) in [7, 11) is 0. The van der Waals surface area contributed by atoms with E-state index < -0.39 is 0 Å². The van der Waals surface area contributed by atoms with Crippen LogP contribution in [-0.4, -0.2) is 30.4 Å². The topological polar surface area (TPSA) is 35.5 Å². The molecule has 1 atom stereocenters. The van der Waals surface area contributed by atoms with E-state index in [-0.39, 0.29) is 11.4 Å². The quantitative estimate of drug-likeness (QED) is 0.558. The lowest BCUT2D eigenvalue weighted by molar-refractivity contribution is -0.149. The third-order valence-corrected chi connectivity index (χ3v) is 2.13. The molecule has 0 aliphatic carbocycles. The third-order valence-electron chi connectivity index (χ3n) is 1.10. The van der Waals surface area contributed by atoms with Crippen molar-refractivity contribution in [3.05, 3.63) is 0 Å². The Kier molecular flexibility index (Phi) is 3.02. The largest absolute Gasteiger partial charge is 0.463 e. The van der Waals surface area contributed by atoms with Gasteiger partial charge in [-0.15, -0.1) is 11.8 Å². The molecule has 0 N–H and O–H groups in total. The van der Waals surface area contributed by atoms with Gasteiger partial charge in [0.1, 0.15) is 0 Å². The summed E-state index contributed by atoms with van der Waals surface area (Å²) in [5.74, 6) is 0.647. The number of carbonyl (C=O) groups is 1. The monoisotopic (exact) mass is 162 g/mol. The van der Waals surface area contributed by atoms with Crippen LogP contribution in [-0.2, 0) is 14.3 Å². The van der Waals surface area contributed by atoms with Gasteiger partial charge in [0.05, 0.1) is 13.2 Å². The molecule has 3 nitrogen and oxygen atoms in total. The van der Waals surface area contributed by atoms with Gasteiger partial charge in [-0.05, 0) is 6.92 Å². The Morgan fingerprint density at radius 3 is 3.20 bits per heavy atom. The molecule has 1 fully saturated rings. The van der Waals surface area contributed by atoms with Gasteiger partial charge < -0.3 is 9.47 Å². The molecule has 0 bridgehead atoms. The molecule has 58 valence electrons. The van der Waals surface area contributed by atoms with E-state index in [0.29, 0.717) is 13.2 Å². The summed E-state index contributed by atoms with van der Waals surface area (Å²) < 4.78 is 9.80. The number of hydrogen-bond donors (Lipinski definition) is 0. The summed E-state index contributed by atoms with van der Waals surface area (Å²) in [6.07, 6.45) is 0. The highest BCUT2D eigenvalue weighted by Gasteiger charge is 2.24. The zero-order chi connectivity index (χ0) is 7.40. The number of thioether (sulfide) groups is 1. The molecule has 1 heterocycles. The van der Waals surface area contributed by atoms with Gasteiger partial charge in [-0.1, -0.05) is 0 Å². The van der Waals surface area contributed by atoms with Gasteiger partial charge in [0, 0.05) is 5.75 Å². The fourth-order valence-electron chi connectivity index (χ4n) is 0.705. The first-order valence-corrected chi connectivity index (χ1v) is 4.29. The van der Waals surface area contributed by atoms with Crippen molar-refractivity contribution < 1.29 is 14.3 Å². The number of rotatable bonds is 2. The van der Waals surface area contributed by atoms with Crippen LogP contribution >= 0.6 is 11.8 Å². The second kappa shape index (κ2) is 3.83. The Bertz CT molecular complexity index is 120. The van der Waals surface area contributed by atoms with Crippen molar-refractivity contribution in [2.75, 3.05) is 19.0 Å². The van der Waals surface area contributed by atoms with E-state index in [1.165, 1.54) is 11.8 Å². The molecule has 1 saturated heterocycles. The van der Waals surface area contributed by atoms with Crippen LogP contribution in [0.5, 0.6) is 0 Å². The van der Waals surface area contributed by atoms with Crippen molar-refractivity contribution in [2.45, 2.75) is 12.4 Å². The van der Waals surface area contributed by atoms with Gasteiger partial charge in [0.25, 0.3) is 0 Å². The average molecular weight is 162 g/mol. The number of esters is 1. The maximum atomic E-state index is 10.9. The SMILES string of the molecule is CCOC(=O)C1OCCS1. The van der Waals surface area contributed by atoms with Gasteiger partial charge in [0.2, 0.25) is 5.44 Å². The Morgan fingerprint density at radius 2 is 2.70 bits per heavy atom. The van der Waals surface area contributed by atoms with Gasteiger partial charge in [-0.2, -0.15) is 0 Å². The van der Waals surface area contributed by atoms with E-state index >= 15 is 0 Å². The molecule has 0 saturated carbocycles. The van der Waals surface area contributed by atoms with Crippen molar-refractivity contribution in [1.82, 2.24) is 0 Å². The summed E-state index contributed by atoms with van der Waals surface area (Å²) in [6.45, 7) is 2.88. The van der Waals surface area contributed by atoms with E-state index in [4.69, 9.17) is 9.47 Å². The van der Waals surface area contributed by atoms with Gasteiger partial charge in [-0.3, -0.25) is 0 Å². The Morgan fingerprint density at radius 1 is 1.90 bits per heavy atom. The van der Waals surface area contributed by atoms with Crippen LogP contribution in [0.3, 0.4) is 0 Å². The van der Waals surface area contributed by atoms with Crippen LogP contribution in [0, 0.1) is 0 Å². The summed E-state index contributed by atoms with van der Waals surface area (Å²) in [5.41, 5.74) is -0.361. The van der Waals surface area contributed by atoms with Crippen LogP contribution in [0.15, 0.2) is 0 Å². The molecule has 0 aromatic heterocycles. The average Bonchev–Trinajstić information content (AvgIpc) is 2.38. The lowest BCUT2D eigenvalue weighted by Crippen LogP contribution is -2.19. The molecule has 1 unspecified atom stereocenters. The molecule has 10 heavy (non-hydrogen) atoms. The minimum atomic E-state index is -0.361. The smallest absolute Gasteiger partial charge is 0.345 e. The highest BCUT2D eigenvalue weighted by Crippen LogP contribution is 2.20. The first kappa shape index (κ1) is 7.88. The van der Waals surface area contributed by atoms with Crippen LogP contribution in [0.1, 0.15) is 6.92 Å². The number of carbonyl (C=O) groups excluding carboxylic acids is 1. The zero-order valence-electron chi connectivity index (χ0n) is 5.83. The van der Waals surface area contributed by atoms with Gasteiger partial charge in [-0.25, -0.2) is 4.79 Å². The highest BCUT2D eigenvalue weighted by atomic mass is 32.2. The third kappa shape index (κ3) is 1.88. The molecule has 4 heteroatoms. The highest BCUT2D eigenvalue weighted by molar-refractivity contribution is 8.00. The lowest BCUT2D eigenvalue weighted by Gasteiger charge is -2.05. The Labute approximate surface area is 64.1 Å². The molecule has 1 aliphatic heterocycles. The minimum absolute atomic E-state index is 0.245. The van der Waals surface area contributed by atoms with Crippen molar-refractivity contribution in [1.29, 1.82) is 0 Å². The lowest BCUT2D eigenvalue weighted by atomic mass is 10.7. The second-order valence-electron chi connectivity index (χ2n) is 1.83. The predicted molar refractivity (Wildman–Crippen MR) is 38.8 cm³/mol. The van der Waals surface area contributed by atoms with Gasteiger partial charge in [0.15, 0.2) is 0 Å². The van der Waals surface area contributed by atoms with E-state index in [0.717, 1.165) is 5.75 Å². The van der Waals surface area contributed by atoms with E-state index in [1.54, 1.807) is 6.92 Å². The standard InChI is InChI=1S/C6H10O3S/c1-2-8-5(7)6-9-3-4-10-6/h6H,2-4H2,1H3. The molecular weight excluding hydrogens is 152 g/mol. The molecular formula is C6H10O3S. The van der Waals surface area contributed by atoms with Crippen molar-refractivity contribution in [3.8, 4) is 0 Å². The van der Waals surface area contributed by atoms with E-state index in [2.05, 4.69) is 0 Å². The Hall–Kier alpha value is -0.220.